The van der Waals surface area contributed by atoms with Gasteiger partial charge in [0.2, 0.25) is 0 Å². The summed E-state index contributed by atoms with van der Waals surface area (Å²) in [6, 6.07) is 2.52. The lowest BCUT2D eigenvalue weighted by Gasteiger charge is -2.26. The largest absolute Gasteiger partial charge is 0.359 e. The number of H-pyrrole nitrogens is 1. The monoisotopic (exact) mass is 418 g/mol. The Balaban J connectivity index is 1.35. The lowest BCUT2D eigenvalue weighted by molar-refractivity contribution is -0.116. The standard InChI is InChI=1S/C24H30N6O/c1-15-18(8-2-3-11-25-17-6-4-7-17)21(16-9-10-16)20(28-15)14-19-22(29-30-24(19)31)23-26-12-5-13-27-23/h5,12-14,16-17,25,28H,2-4,6-11H2,1H3,(H,30,31)/b19-14+. The number of rotatable bonds is 9. The van der Waals surface area contributed by atoms with Crippen LogP contribution in [0.5, 0.6) is 0 Å². The fourth-order valence-corrected chi connectivity index (χ4v) is 4.53. The van der Waals surface area contributed by atoms with Gasteiger partial charge >= 0.3 is 0 Å². The Morgan fingerprint density at radius 1 is 1.16 bits per heavy atom. The Labute approximate surface area is 182 Å². The summed E-state index contributed by atoms with van der Waals surface area (Å²) < 4.78 is 0. The molecule has 2 aromatic rings. The van der Waals surface area contributed by atoms with Crippen LogP contribution in [0.2, 0.25) is 0 Å². The first-order valence-corrected chi connectivity index (χ1v) is 11.5. The summed E-state index contributed by atoms with van der Waals surface area (Å²) in [5.41, 5.74) is 8.68. The number of nitrogens with one attached hydrogen (secondary N) is 3. The van der Waals surface area contributed by atoms with Gasteiger partial charge in [-0.1, -0.05) is 6.42 Å². The number of amides is 1. The van der Waals surface area contributed by atoms with Crippen molar-refractivity contribution in [1.29, 1.82) is 0 Å². The lowest BCUT2D eigenvalue weighted by atomic mass is 9.93. The predicted molar refractivity (Wildman–Crippen MR) is 121 cm³/mol. The topological polar surface area (TPSA) is 95.1 Å². The van der Waals surface area contributed by atoms with Crippen LogP contribution in [-0.2, 0) is 11.2 Å². The predicted octanol–water partition coefficient (Wildman–Crippen LogP) is 3.37. The molecule has 3 heterocycles. The minimum Gasteiger partial charge on any atom is -0.359 e. The second-order valence-electron chi connectivity index (χ2n) is 8.90. The van der Waals surface area contributed by atoms with Crippen molar-refractivity contribution in [2.75, 3.05) is 6.54 Å². The summed E-state index contributed by atoms with van der Waals surface area (Å²) in [7, 11) is 0. The zero-order chi connectivity index (χ0) is 21.2. The molecule has 1 aliphatic heterocycles. The number of aromatic amines is 1. The van der Waals surface area contributed by atoms with Crippen LogP contribution in [0, 0.1) is 6.92 Å². The third-order valence-corrected chi connectivity index (χ3v) is 6.60. The Hall–Kier alpha value is -2.80. The smallest absolute Gasteiger partial charge is 0.273 e. The Morgan fingerprint density at radius 2 is 1.97 bits per heavy atom. The van der Waals surface area contributed by atoms with Gasteiger partial charge in [-0.05, 0) is 87.6 Å². The summed E-state index contributed by atoms with van der Waals surface area (Å²) in [5.74, 6) is 0.848. The van der Waals surface area contributed by atoms with Crippen molar-refractivity contribution in [2.45, 2.75) is 70.3 Å². The van der Waals surface area contributed by atoms with Crippen molar-refractivity contribution in [1.82, 2.24) is 25.7 Å². The maximum absolute atomic E-state index is 12.5. The molecular weight excluding hydrogens is 388 g/mol. The third kappa shape index (κ3) is 4.32. The number of carbonyl (C=O) groups is 1. The number of aromatic nitrogens is 3. The molecule has 2 saturated carbocycles. The summed E-state index contributed by atoms with van der Waals surface area (Å²) in [6.07, 6.45) is 15.2. The third-order valence-electron chi connectivity index (χ3n) is 6.60. The fourth-order valence-electron chi connectivity index (χ4n) is 4.53. The average Bonchev–Trinajstić information content (AvgIpc) is 3.45. The van der Waals surface area contributed by atoms with Crippen molar-refractivity contribution in [3.8, 4) is 0 Å². The van der Waals surface area contributed by atoms with Crippen LogP contribution in [0.25, 0.3) is 6.08 Å². The van der Waals surface area contributed by atoms with E-state index in [1.165, 1.54) is 61.8 Å². The summed E-state index contributed by atoms with van der Waals surface area (Å²) in [5, 5.41) is 7.84. The van der Waals surface area contributed by atoms with E-state index in [9.17, 15) is 4.79 Å². The van der Waals surface area contributed by atoms with Gasteiger partial charge in [-0.3, -0.25) is 4.79 Å². The highest BCUT2D eigenvalue weighted by atomic mass is 16.2. The average molecular weight is 419 g/mol. The van der Waals surface area contributed by atoms with E-state index < -0.39 is 0 Å². The second kappa shape index (κ2) is 8.75. The molecule has 2 fully saturated rings. The minimum absolute atomic E-state index is 0.208. The van der Waals surface area contributed by atoms with E-state index in [4.69, 9.17) is 0 Å². The Kier molecular flexibility index (Phi) is 5.68. The molecule has 0 bridgehead atoms. The van der Waals surface area contributed by atoms with E-state index in [-0.39, 0.29) is 5.91 Å². The van der Waals surface area contributed by atoms with E-state index in [2.05, 4.69) is 37.7 Å². The summed E-state index contributed by atoms with van der Waals surface area (Å²) >= 11 is 0. The van der Waals surface area contributed by atoms with Crippen molar-refractivity contribution in [3.63, 3.8) is 0 Å². The number of carbonyl (C=O) groups excluding carboxylic acids is 1. The molecule has 0 saturated heterocycles. The van der Waals surface area contributed by atoms with E-state index in [1.54, 1.807) is 18.5 Å². The SMILES string of the molecule is Cc1[nH]c(/C=C2/C(=O)NN=C2c2ncccn2)c(C2CC2)c1CCCCNC1CCC1. The van der Waals surface area contributed by atoms with Gasteiger partial charge in [0.1, 0.15) is 5.71 Å². The van der Waals surface area contributed by atoms with E-state index >= 15 is 0 Å². The van der Waals surface area contributed by atoms with E-state index in [0.717, 1.165) is 24.7 Å². The van der Waals surface area contributed by atoms with Gasteiger partial charge in [0.05, 0.1) is 5.57 Å². The van der Waals surface area contributed by atoms with Gasteiger partial charge in [-0.2, -0.15) is 5.10 Å². The van der Waals surface area contributed by atoms with Crippen LogP contribution in [0.4, 0.5) is 0 Å². The first kappa shape index (κ1) is 20.1. The molecule has 162 valence electrons. The molecule has 3 N–H and O–H groups in total. The summed E-state index contributed by atoms with van der Waals surface area (Å²) in [4.78, 5) is 24.6. The quantitative estimate of drug-likeness (QED) is 0.430. The zero-order valence-corrected chi connectivity index (χ0v) is 18.1. The van der Waals surface area contributed by atoms with Crippen molar-refractivity contribution >= 4 is 17.7 Å². The number of nitrogens with zero attached hydrogens (tertiary/aromatic N) is 3. The summed E-state index contributed by atoms with van der Waals surface area (Å²) in [6.45, 7) is 3.26. The molecule has 0 unspecified atom stereocenters. The number of hydrogen-bond acceptors (Lipinski definition) is 5. The first-order chi connectivity index (χ1) is 15.2. The number of hydrogen-bond donors (Lipinski definition) is 3. The number of unbranched alkanes of at least 4 members (excludes halogenated alkanes) is 1. The Bertz CT molecular complexity index is 1010. The van der Waals surface area contributed by atoms with Crippen LogP contribution in [0.3, 0.4) is 0 Å². The maximum Gasteiger partial charge on any atom is 0.273 e. The van der Waals surface area contributed by atoms with Gasteiger partial charge in [0.15, 0.2) is 5.82 Å². The maximum atomic E-state index is 12.5. The van der Waals surface area contributed by atoms with Crippen LogP contribution in [-0.4, -0.2) is 39.2 Å². The van der Waals surface area contributed by atoms with Crippen LogP contribution < -0.4 is 10.7 Å². The highest BCUT2D eigenvalue weighted by molar-refractivity contribution is 6.32. The molecule has 1 amide bonds. The molecule has 3 aliphatic rings. The molecule has 31 heavy (non-hydrogen) atoms. The van der Waals surface area contributed by atoms with Crippen molar-refractivity contribution in [3.05, 3.63) is 52.4 Å². The molecule has 0 radical (unpaired) electrons. The number of hydrazone groups is 1. The van der Waals surface area contributed by atoms with E-state index in [1.807, 2.05) is 6.08 Å². The molecule has 2 aromatic heterocycles. The van der Waals surface area contributed by atoms with Gasteiger partial charge < -0.3 is 10.3 Å². The van der Waals surface area contributed by atoms with Crippen molar-refractivity contribution in [2.24, 2.45) is 5.10 Å². The van der Waals surface area contributed by atoms with Crippen LogP contribution in [0.1, 0.15) is 79.2 Å². The van der Waals surface area contributed by atoms with Crippen LogP contribution >= 0.6 is 0 Å². The molecule has 5 rings (SSSR count). The molecule has 7 heteroatoms. The van der Waals surface area contributed by atoms with Gasteiger partial charge in [-0.15, -0.1) is 0 Å². The fraction of sp³-hybridized carbons (Fsp3) is 0.500. The molecule has 7 nitrogen and oxygen atoms in total. The highest BCUT2D eigenvalue weighted by Gasteiger charge is 2.32. The molecule has 2 aliphatic carbocycles. The van der Waals surface area contributed by atoms with Gasteiger partial charge in [0, 0.05) is 29.8 Å². The molecule has 0 atom stereocenters. The second-order valence-corrected chi connectivity index (χ2v) is 8.90. The first-order valence-electron chi connectivity index (χ1n) is 11.5. The highest BCUT2D eigenvalue weighted by Crippen LogP contribution is 2.45. The lowest BCUT2D eigenvalue weighted by Crippen LogP contribution is -2.35. The van der Waals surface area contributed by atoms with Crippen molar-refractivity contribution < 1.29 is 4.79 Å². The molecular formula is C24H30N6O. The van der Waals surface area contributed by atoms with Crippen LogP contribution in [0.15, 0.2) is 29.1 Å². The molecule has 0 spiro atoms. The zero-order valence-electron chi connectivity index (χ0n) is 18.1. The van der Waals surface area contributed by atoms with Gasteiger partial charge in [-0.25, -0.2) is 15.4 Å². The van der Waals surface area contributed by atoms with Gasteiger partial charge in [0.25, 0.3) is 5.91 Å². The molecule has 0 aromatic carbocycles. The van der Waals surface area contributed by atoms with E-state index in [0.29, 0.717) is 23.0 Å². The minimum atomic E-state index is -0.208. The number of aryl methyl sites for hydroxylation is 1. The normalized spacial score (nSPS) is 20.1. The Morgan fingerprint density at radius 3 is 2.68 bits per heavy atom.